The number of nitrogens with zero attached hydrogens (tertiary/aromatic N) is 1. The van der Waals surface area contributed by atoms with Crippen molar-refractivity contribution in [2.45, 2.75) is 26.4 Å². The highest BCUT2D eigenvalue weighted by atomic mass is 19.4. The van der Waals surface area contributed by atoms with Crippen LogP contribution < -0.4 is 5.32 Å². The highest BCUT2D eigenvalue weighted by Crippen LogP contribution is 2.16. The first-order valence-electron chi connectivity index (χ1n) is 4.50. The fourth-order valence-corrected chi connectivity index (χ4v) is 0.887. The summed E-state index contributed by atoms with van der Waals surface area (Å²) in [5.41, 5.74) is 0. The van der Waals surface area contributed by atoms with Gasteiger partial charge in [0, 0.05) is 13.1 Å². The molecule has 0 aliphatic rings. The van der Waals surface area contributed by atoms with E-state index >= 15 is 0 Å². The standard InChI is InChI=1S/C8H15F3N2O/c1-3-5-12-7(14)13(4-2)6-8(9,10)11/h3-6H2,1-2H3,(H,12,14). The summed E-state index contributed by atoms with van der Waals surface area (Å²) in [7, 11) is 0. The third kappa shape index (κ3) is 5.66. The second-order valence-corrected chi connectivity index (χ2v) is 2.86. The van der Waals surface area contributed by atoms with Gasteiger partial charge in [-0.05, 0) is 13.3 Å². The number of hydrogen-bond acceptors (Lipinski definition) is 1. The van der Waals surface area contributed by atoms with E-state index in [0.29, 0.717) is 13.0 Å². The van der Waals surface area contributed by atoms with Gasteiger partial charge in [0.25, 0.3) is 0 Å². The van der Waals surface area contributed by atoms with Gasteiger partial charge in [-0.1, -0.05) is 6.92 Å². The molecule has 6 heteroatoms. The van der Waals surface area contributed by atoms with Crippen LogP contribution in [0.25, 0.3) is 0 Å². The van der Waals surface area contributed by atoms with Crippen LogP contribution in [0.1, 0.15) is 20.3 Å². The van der Waals surface area contributed by atoms with Crippen molar-refractivity contribution in [1.29, 1.82) is 0 Å². The van der Waals surface area contributed by atoms with Crippen LogP contribution in [-0.2, 0) is 0 Å². The number of alkyl halides is 3. The molecule has 0 bridgehead atoms. The highest BCUT2D eigenvalue weighted by Gasteiger charge is 2.32. The van der Waals surface area contributed by atoms with Gasteiger partial charge in [0.1, 0.15) is 6.54 Å². The summed E-state index contributed by atoms with van der Waals surface area (Å²) >= 11 is 0. The molecule has 3 nitrogen and oxygen atoms in total. The minimum absolute atomic E-state index is 0.0507. The summed E-state index contributed by atoms with van der Waals surface area (Å²) in [4.78, 5) is 11.9. The average molecular weight is 212 g/mol. The van der Waals surface area contributed by atoms with Gasteiger partial charge in [0.15, 0.2) is 0 Å². The number of amides is 2. The van der Waals surface area contributed by atoms with Crippen molar-refractivity contribution in [2.75, 3.05) is 19.6 Å². The van der Waals surface area contributed by atoms with Crippen molar-refractivity contribution in [3.05, 3.63) is 0 Å². The van der Waals surface area contributed by atoms with Crippen molar-refractivity contribution in [2.24, 2.45) is 0 Å². The Hall–Kier alpha value is -0.940. The third-order valence-electron chi connectivity index (χ3n) is 1.57. The summed E-state index contributed by atoms with van der Waals surface area (Å²) in [6.07, 6.45) is -3.63. The lowest BCUT2D eigenvalue weighted by Crippen LogP contribution is -2.44. The number of carbonyl (C=O) groups excluding carboxylic acids is 1. The van der Waals surface area contributed by atoms with Gasteiger partial charge in [0.05, 0.1) is 0 Å². The van der Waals surface area contributed by atoms with Crippen molar-refractivity contribution in [3.8, 4) is 0 Å². The monoisotopic (exact) mass is 212 g/mol. The third-order valence-corrected chi connectivity index (χ3v) is 1.57. The maximum Gasteiger partial charge on any atom is 0.406 e. The van der Waals surface area contributed by atoms with Crippen LogP contribution in [-0.4, -0.2) is 36.7 Å². The molecular weight excluding hydrogens is 197 g/mol. The predicted octanol–water partition coefficient (Wildman–Crippen LogP) is 1.99. The SMILES string of the molecule is CCCNC(=O)N(CC)CC(F)(F)F. The molecule has 0 aromatic heterocycles. The first-order valence-corrected chi connectivity index (χ1v) is 4.50. The molecule has 14 heavy (non-hydrogen) atoms. The van der Waals surface area contributed by atoms with E-state index in [9.17, 15) is 18.0 Å². The van der Waals surface area contributed by atoms with Gasteiger partial charge in [-0.3, -0.25) is 0 Å². The zero-order valence-electron chi connectivity index (χ0n) is 8.32. The number of nitrogens with one attached hydrogen (secondary N) is 1. The Bertz CT molecular complexity index is 182. The van der Waals surface area contributed by atoms with Crippen LogP contribution in [0.3, 0.4) is 0 Å². The van der Waals surface area contributed by atoms with Crippen LogP contribution in [0, 0.1) is 0 Å². The van der Waals surface area contributed by atoms with Crippen LogP contribution in [0.15, 0.2) is 0 Å². The Kier molecular flexibility index (Phi) is 5.34. The van der Waals surface area contributed by atoms with Crippen molar-refractivity contribution in [3.63, 3.8) is 0 Å². The fraction of sp³-hybridized carbons (Fsp3) is 0.875. The molecule has 0 atom stereocenters. The first-order chi connectivity index (χ1) is 6.40. The first kappa shape index (κ1) is 13.1. The van der Waals surface area contributed by atoms with E-state index in [1.807, 2.05) is 6.92 Å². The molecule has 0 spiro atoms. The Labute approximate surface area is 81.3 Å². The number of halogens is 3. The molecule has 0 saturated carbocycles. The zero-order valence-corrected chi connectivity index (χ0v) is 8.32. The number of carbonyl (C=O) groups is 1. The second kappa shape index (κ2) is 5.72. The molecule has 0 aromatic rings. The Morgan fingerprint density at radius 3 is 2.29 bits per heavy atom. The van der Waals surface area contributed by atoms with E-state index in [1.54, 1.807) is 0 Å². The molecule has 0 rings (SSSR count). The number of rotatable bonds is 4. The predicted molar refractivity (Wildman–Crippen MR) is 47.0 cm³/mol. The molecular formula is C8H15F3N2O. The molecule has 0 aliphatic heterocycles. The molecule has 84 valence electrons. The van der Waals surface area contributed by atoms with Crippen LogP contribution in [0.2, 0.25) is 0 Å². The normalized spacial score (nSPS) is 11.2. The Balaban J connectivity index is 4.06. The van der Waals surface area contributed by atoms with Crippen molar-refractivity contribution >= 4 is 6.03 Å². The number of urea groups is 1. The summed E-state index contributed by atoms with van der Waals surface area (Å²) in [5.74, 6) is 0. The molecule has 0 aliphatic carbocycles. The topological polar surface area (TPSA) is 32.3 Å². The molecule has 2 amide bonds. The maximum atomic E-state index is 12.0. The minimum atomic E-state index is -4.33. The van der Waals surface area contributed by atoms with E-state index in [1.165, 1.54) is 6.92 Å². The largest absolute Gasteiger partial charge is 0.406 e. The van der Waals surface area contributed by atoms with Gasteiger partial charge in [-0.25, -0.2) is 4.79 Å². The van der Waals surface area contributed by atoms with Gasteiger partial charge in [-0.2, -0.15) is 13.2 Å². The second-order valence-electron chi connectivity index (χ2n) is 2.86. The van der Waals surface area contributed by atoms with E-state index in [2.05, 4.69) is 5.32 Å². The smallest absolute Gasteiger partial charge is 0.338 e. The number of hydrogen-bond donors (Lipinski definition) is 1. The summed E-state index contributed by atoms with van der Waals surface area (Å²) in [6.45, 7) is 2.60. The molecule has 1 N–H and O–H groups in total. The molecule has 0 radical (unpaired) electrons. The van der Waals surface area contributed by atoms with Crippen LogP contribution in [0.5, 0.6) is 0 Å². The molecule has 0 heterocycles. The highest BCUT2D eigenvalue weighted by molar-refractivity contribution is 5.74. The Morgan fingerprint density at radius 2 is 1.93 bits per heavy atom. The molecule has 0 unspecified atom stereocenters. The van der Waals surface area contributed by atoms with Gasteiger partial charge < -0.3 is 10.2 Å². The lowest BCUT2D eigenvalue weighted by Gasteiger charge is -2.22. The molecule has 0 fully saturated rings. The summed E-state index contributed by atoms with van der Waals surface area (Å²) in [6, 6.07) is -0.660. The van der Waals surface area contributed by atoms with Gasteiger partial charge in [0.2, 0.25) is 0 Å². The van der Waals surface area contributed by atoms with E-state index in [0.717, 1.165) is 4.90 Å². The van der Waals surface area contributed by atoms with Gasteiger partial charge in [-0.15, -0.1) is 0 Å². The average Bonchev–Trinajstić information content (AvgIpc) is 2.08. The summed E-state index contributed by atoms with van der Waals surface area (Å²) < 4.78 is 35.9. The van der Waals surface area contributed by atoms with Crippen molar-refractivity contribution in [1.82, 2.24) is 10.2 Å². The summed E-state index contributed by atoms with van der Waals surface area (Å²) in [5, 5.41) is 2.39. The Morgan fingerprint density at radius 1 is 1.36 bits per heavy atom. The lowest BCUT2D eigenvalue weighted by atomic mass is 10.4. The van der Waals surface area contributed by atoms with Gasteiger partial charge >= 0.3 is 12.2 Å². The maximum absolute atomic E-state index is 12.0. The van der Waals surface area contributed by atoms with Crippen LogP contribution >= 0.6 is 0 Å². The quantitative estimate of drug-likeness (QED) is 0.759. The zero-order chi connectivity index (χ0) is 11.2. The van der Waals surface area contributed by atoms with E-state index in [4.69, 9.17) is 0 Å². The van der Waals surface area contributed by atoms with Crippen molar-refractivity contribution < 1.29 is 18.0 Å². The lowest BCUT2D eigenvalue weighted by molar-refractivity contribution is -0.139. The van der Waals surface area contributed by atoms with E-state index < -0.39 is 18.8 Å². The molecule has 0 saturated heterocycles. The van der Waals surface area contributed by atoms with Crippen LogP contribution in [0.4, 0.5) is 18.0 Å². The molecule has 0 aromatic carbocycles. The minimum Gasteiger partial charge on any atom is -0.338 e. The van der Waals surface area contributed by atoms with E-state index in [-0.39, 0.29) is 6.54 Å². The fourth-order valence-electron chi connectivity index (χ4n) is 0.887.